The molecule has 2 nitrogen and oxygen atoms in total. The monoisotopic (exact) mass is 291 g/mol. The zero-order valence-corrected chi connectivity index (χ0v) is 12.4. The molecule has 2 aromatic carbocycles. The van der Waals surface area contributed by atoms with Crippen molar-refractivity contribution in [2.75, 3.05) is 14.2 Å². The van der Waals surface area contributed by atoms with E-state index in [0.29, 0.717) is 12.0 Å². The van der Waals surface area contributed by atoms with Crippen LogP contribution in [0.3, 0.4) is 0 Å². The Kier molecular flexibility index (Phi) is 4.91. The van der Waals surface area contributed by atoms with Gasteiger partial charge in [-0.15, -0.1) is 0 Å². The lowest BCUT2D eigenvalue weighted by Gasteiger charge is -2.18. The molecule has 112 valence electrons. The van der Waals surface area contributed by atoms with Crippen LogP contribution in [0.2, 0.25) is 0 Å². The summed E-state index contributed by atoms with van der Waals surface area (Å²) in [6, 6.07) is 9.95. The second-order valence-corrected chi connectivity index (χ2v) is 5.02. The molecule has 0 saturated heterocycles. The summed E-state index contributed by atoms with van der Waals surface area (Å²) in [5, 5.41) is 3.19. The highest BCUT2D eigenvalue weighted by atomic mass is 19.1. The Morgan fingerprint density at radius 2 is 1.86 bits per heavy atom. The number of nitrogens with one attached hydrogen (secondary N) is 1. The Hall–Kier alpha value is -1.94. The van der Waals surface area contributed by atoms with Gasteiger partial charge in [-0.3, -0.25) is 0 Å². The number of benzene rings is 2. The lowest BCUT2D eigenvalue weighted by Crippen LogP contribution is -2.19. The molecule has 0 saturated carbocycles. The molecule has 1 N–H and O–H groups in total. The Morgan fingerprint density at radius 3 is 2.43 bits per heavy atom. The molecular formula is C17H19F2NO. The van der Waals surface area contributed by atoms with Crippen LogP contribution >= 0.6 is 0 Å². The van der Waals surface area contributed by atoms with Crippen LogP contribution in [0.1, 0.15) is 22.7 Å². The number of rotatable bonds is 5. The summed E-state index contributed by atoms with van der Waals surface area (Å²) >= 11 is 0. The maximum Gasteiger partial charge on any atom is 0.165 e. The summed E-state index contributed by atoms with van der Waals surface area (Å²) in [6.45, 7) is 1.73. The van der Waals surface area contributed by atoms with Crippen molar-refractivity contribution in [3.8, 4) is 5.75 Å². The van der Waals surface area contributed by atoms with Gasteiger partial charge in [-0.2, -0.15) is 0 Å². The fraction of sp³-hybridized carbons (Fsp3) is 0.294. The van der Waals surface area contributed by atoms with E-state index in [9.17, 15) is 8.78 Å². The molecule has 0 bridgehead atoms. The van der Waals surface area contributed by atoms with E-state index in [0.717, 1.165) is 11.1 Å². The van der Waals surface area contributed by atoms with Crippen molar-refractivity contribution in [1.29, 1.82) is 0 Å². The maximum absolute atomic E-state index is 13.7. The minimum absolute atomic E-state index is 0.00269. The second-order valence-electron chi connectivity index (χ2n) is 5.02. The molecule has 21 heavy (non-hydrogen) atoms. The SMILES string of the molecule is CNC(Cc1ccc(OC)c(F)c1)c1ccc(F)c(C)c1. The quantitative estimate of drug-likeness (QED) is 0.905. The van der Waals surface area contributed by atoms with E-state index in [1.807, 2.05) is 19.2 Å². The highest BCUT2D eigenvalue weighted by Crippen LogP contribution is 2.23. The molecule has 0 radical (unpaired) electrons. The van der Waals surface area contributed by atoms with Crippen LogP contribution in [0.4, 0.5) is 8.78 Å². The molecule has 1 atom stereocenters. The van der Waals surface area contributed by atoms with Gasteiger partial charge in [-0.1, -0.05) is 18.2 Å². The summed E-state index contributed by atoms with van der Waals surface area (Å²) in [4.78, 5) is 0. The van der Waals surface area contributed by atoms with Crippen LogP contribution in [0, 0.1) is 18.6 Å². The zero-order chi connectivity index (χ0) is 15.4. The number of hydrogen-bond donors (Lipinski definition) is 1. The lowest BCUT2D eigenvalue weighted by atomic mass is 9.97. The summed E-state index contributed by atoms with van der Waals surface area (Å²) in [5.41, 5.74) is 2.44. The van der Waals surface area contributed by atoms with E-state index in [1.165, 1.54) is 19.2 Å². The molecule has 0 aromatic heterocycles. The molecule has 2 rings (SSSR count). The minimum Gasteiger partial charge on any atom is -0.494 e. The van der Waals surface area contributed by atoms with Gasteiger partial charge in [0.2, 0.25) is 0 Å². The fourth-order valence-corrected chi connectivity index (χ4v) is 2.34. The van der Waals surface area contributed by atoms with E-state index in [4.69, 9.17) is 4.74 Å². The predicted molar refractivity (Wildman–Crippen MR) is 79.6 cm³/mol. The molecular weight excluding hydrogens is 272 g/mol. The largest absolute Gasteiger partial charge is 0.494 e. The van der Waals surface area contributed by atoms with Gasteiger partial charge in [0.1, 0.15) is 5.82 Å². The summed E-state index contributed by atoms with van der Waals surface area (Å²) < 4.78 is 32.0. The smallest absolute Gasteiger partial charge is 0.165 e. The van der Waals surface area contributed by atoms with Gasteiger partial charge >= 0.3 is 0 Å². The van der Waals surface area contributed by atoms with Crippen LogP contribution in [-0.2, 0) is 6.42 Å². The number of ether oxygens (including phenoxy) is 1. The molecule has 0 heterocycles. The first-order valence-corrected chi connectivity index (χ1v) is 6.81. The Balaban J connectivity index is 2.22. The normalized spacial score (nSPS) is 12.2. The van der Waals surface area contributed by atoms with E-state index < -0.39 is 0 Å². The van der Waals surface area contributed by atoms with E-state index in [2.05, 4.69) is 5.32 Å². The summed E-state index contributed by atoms with van der Waals surface area (Å²) in [5.74, 6) is -0.360. The first-order chi connectivity index (χ1) is 10.0. The number of aryl methyl sites for hydroxylation is 1. The molecule has 2 aromatic rings. The van der Waals surface area contributed by atoms with Crippen LogP contribution in [0.25, 0.3) is 0 Å². The summed E-state index contributed by atoms with van der Waals surface area (Å²) in [6.07, 6.45) is 0.614. The Morgan fingerprint density at radius 1 is 1.10 bits per heavy atom. The minimum atomic E-state index is -0.375. The van der Waals surface area contributed by atoms with Crippen molar-refractivity contribution in [3.05, 3.63) is 64.7 Å². The highest BCUT2D eigenvalue weighted by Gasteiger charge is 2.13. The second kappa shape index (κ2) is 6.68. The maximum atomic E-state index is 13.7. The third-order valence-electron chi connectivity index (χ3n) is 3.59. The van der Waals surface area contributed by atoms with Crippen molar-refractivity contribution >= 4 is 0 Å². The first-order valence-electron chi connectivity index (χ1n) is 6.81. The lowest BCUT2D eigenvalue weighted by molar-refractivity contribution is 0.386. The topological polar surface area (TPSA) is 21.3 Å². The first kappa shape index (κ1) is 15.4. The zero-order valence-electron chi connectivity index (χ0n) is 12.4. The van der Waals surface area contributed by atoms with Crippen molar-refractivity contribution in [2.45, 2.75) is 19.4 Å². The molecule has 0 fully saturated rings. The average Bonchev–Trinajstić information content (AvgIpc) is 2.48. The average molecular weight is 291 g/mol. The summed E-state index contributed by atoms with van der Waals surface area (Å²) in [7, 11) is 3.28. The van der Waals surface area contributed by atoms with Gasteiger partial charge in [-0.25, -0.2) is 8.78 Å². The van der Waals surface area contributed by atoms with E-state index >= 15 is 0 Å². The number of halogens is 2. The standard InChI is InChI=1S/C17H19F2NO/c1-11-8-13(5-6-14(11)18)16(20-2)10-12-4-7-17(21-3)15(19)9-12/h4-9,16,20H,10H2,1-3H3. The van der Waals surface area contributed by atoms with E-state index in [1.54, 1.807) is 19.1 Å². The van der Waals surface area contributed by atoms with Crippen molar-refractivity contribution in [1.82, 2.24) is 5.32 Å². The van der Waals surface area contributed by atoms with Gasteiger partial charge in [0.15, 0.2) is 11.6 Å². The van der Waals surface area contributed by atoms with E-state index in [-0.39, 0.29) is 23.4 Å². The molecule has 0 aliphatic rings. The van der Waals surface area contributed by atoms with Crippen LogP contribution < -0.4 is 10.1 Å². The number of hydrogen-bond acceptors (Lipinski definition) is 2. The third-order valence-corrected chi connectivity index (χ3v) is 3.59. The molecule has 0 aliphatic heterocycles. The van der Waals surface area contributed by atoms with Crippen molar-refractivity contribution in [2.24, 2.45) is 0 Å². The van der Waals surface area contributed by atoms with Crippen LogP contribution in [0.5, 0.6) is 5.75 Å². The third kappa shape index (κ3) is 3.58. The molecule has 0 amide bonds. The van der Waals surface area contributed by atoms with Gasteiger partial charge in [0, 0.05) is 6.04 Å². The van der Waals surface area contributed by atoms with Crippen LogP contribution in [0.15, 0.2) is 36.4 Å². The Bertz CT molecular complexity index is 628. The molecule has 0 spiro atoms. The highest BCUT2D eigenvalue weighted by molar-refractivity contribution is 5.32. The van der Waals surface area contributed by atoms with Gasteiger partial charge in [0.25, 0.3) is 0 Å². The molecule has 4 heteroatoms. The molecule has 1 unspecified atom stereocenters. The number of methoxy groups -OCH3 is 1. The molecule has 0 aliphatic carbocycles. The predicted octanol–water partition coefficient (Wildman–Crippen LogP) is 3.79. The van der Waals surface area contributed by atoms with Crippen molar-refractivity contribution in [3.63, 3.8) is 0 Å². The van der Waals surface area contributed by atoms with Crippen molar-refractivity contribution < 1.29 is 13.5 Å². The van der Waals surface area contributed by atoms with Gasteiger partial charge in [0.05, 0.1) is 7.11 Å². The number of likely N-dealkylation sites (N-methyl/N-ethyl adjacent to an activating group) is 1. The van der Waals surface area contributed by atoms with Crippen LogP contribution in [-0.4, -0.2) is 14.2 Å². The van der Waals surface area contributed by atoms with Gasteiger partial charge < -0.3 is 10.1 Å². The van der Waals surface area contributed by atoms with Gasteiger partial charge in [-0.05, 0) is 55.3 Å². The fourth-order valence-electron chi connectivity index (χ4n) is 2.34. The Labute approximate surface area is 123 Å².